The molecule has 30 heavy (non-hydrogen) atoms. The van der Waals surface area contributed by atoms with Crippen molar-refractivity contribution < 1.29 is 17.6 Å². The van der Waals surface area contributed by atoms with Gasteiger partial charge in [0.2, 0.25) is 0 Å². The number of carbonyl (C=O) groups excluding carboxylic acids is 1. The van der Waals surface area contributed by atoms with Crippen molar-refractivity contribution in [2.24, 2.45) is 0 Å². The van der Waals surface area contributed by atoms with Crippen molar-refractivity contribution in [3.63, 3.8) is 0 Å². The second kappa shape index (κ2) is 6.85. The lowest BCUT2D eigenvalue weighted by Crippen LogP contribution is -2.14. The molecule has 1 aromatic heterocycles. The second-order valence-corrected chi connectivity index (χ2v) is 9.78. The van der Waals surface area contributed by atoms with Crippen LogP contribution in [0.5, 0.6) is 0 Å². The molecule has 0 spiro atoms. The number of amides is 1. The molecule has 0 bridgehead atoms. The van der Waals surface area contributed by atoms with E-state index in [9.17, 15) is 13.2 Å². The highest BCUT2D eigenvalue weighted by Gasteiger charge is 2.24. The number of furan rings is 1. The van der Waals surface area contributed by atoms with Crippen LogP contribution in [0.1, 0.15) is 27.2 Å². The summed E-state index contributed by atoms with van der Waals surface area (Å²) < 4.78 is 29.6. The van der Waals surface area contributed by atoms with Gasteiger partial charge in [0.05, 0.1) is 5.75 Å². The molecule has 1 heterocycles. The zero-order valence-corrected chi connectivity index (χ0v) is 17.1. The van der Waals surface area contributed by atoms with Crippen LogP contribution in [0.2, 0.25) is 0 Å². The minimum atomic E-state index is -3.35. The number of fused-ring (bicyclic) bond motifs is 4. The van der Waals surface area contributed by atoms with E-state index in [-0.39, 0.29) is 11.5 Å². The van der Waals surface area contributed by atoms with Gasteiger partial charge in [0.25, 0.3) is 5.91 Å². The van der Waals surface area contributed by atoms with Crippen molar-refractivity contribution in [3.05, 3.63) is 89.2 Å². The fourth-order valence-corrected chi connectivity index (χ4v) is 4.91. The fourth-order valence-electron chi connectivity index (χ4n) is 4.10. The van der Waals surface area contributed by atoms with Gasteiger partial charge < -0.3 is 9.73 Å². The molecule has 1 aliphatic rings. The summed E-state index contributed by atoms with van der Waals surface area (Å²) >= 11 is 0. The van der Waals surface area contributed by atoms with Crippen molar-refractivity contribution in [3.8, 4) is 11.1 Å². The van der Waals surface area contributed by atoms with Crippen LogP contribution in [-0.2, 0) is 22.0 Å². The van der Waals surface area contributed by atoms with Gasteiger partial charge in [-0.1, -0.05) is 48.5 Å². The van der Waals surface area contributed by atoms with Gasteiger partial charge >= 0.3 is 0 Å². The molecule has 0 fully saturated rings. The standard InChI is InChI=1S/C24H19NO4S/c1-30(27,28)14-21-20-8-4-5-9-22(20)29-23(21)24(26)25-17-10-11-19-16(13-17)12-15-6-2-3-7-18(15)19/h2-11,13H,12,14H2,1H3,(H,25,26). The number of hydrogen-bond acceptors (Lipinski definition) is 4. The predicted octanol–water partition coefficient (Wildman–Crippen LogP) is 4.80. The minimum Gasteiger partial charge on any atom is -0.451 e. The van der Waals surface area contributed by atoms with E-state index in [1.165, 1.54) is 16.7 Å². The summed E-state index contributed by atoms with van der Waals surface area (Å²) in [6.45, 7) is 0. The first kappa shape index (κ1) is 18.6. The van der Waals surface area contributed by atoms with Crippen molar-refractivity contribution in [1.82, 2.24) is 0 Å². The molecule has 6 heteroatoms. The molecule has 1 aliphatic carbocycles. The molecule has 0 radical (unpaired) electrons. The van der Waals surface area contributed by atoms with Crippen LogP contribution in [0, 0.1) is 0 Å². The van der Waals surface area contributed by atoms with E-state index >= 15 is 0 Å². The summed E-state index contributed by atoms with van der Waals surface area (Å²) in [6, 6.07) is 21.2. The number of hydrogen-bond donors (Lipinski definition) is 1. The highest BCUT2D eigenvalue weighted by Crippen LogP contribution is 2.37. The highest BCUT2D eigenvalue weighted by atomic mass is 32.2. The van der Waals surface area contributed by atoms with Crippen molar-refractivity contribution in [1.29, 1.82) is 0 Å². The van der Waals surface area contributed by atoms with Crippen LogP contribution in [0.3, 0.4) is 0 Å². The maximum Gasteiger partial charge on any atom is 0.291 e. The third-order valence-corrected chi connectivity index (χ3v) is 6.18. The lowest BCUT2D eigenvalue weighted by atomic mass is 10.1. The van der Waals surface area contributed by atoms with Crippen molar-refractivity contribution in [2.75, 3.05) is 11.6 Å². The molecule has 0 unspecified atom stereocenters. The first-order valence-electron chi connectivity index (χ1n) is 9.60. The maximum absolute atomic E-state index is 13.0. The Labute approximate surface area is 174 Å². The number of carbonyl (C=O) groups is 1. The zero-order chi connectivity index (χ0) is 20.9. The molecule has 5 nitrogen and oxygen atoms in total. The van der Waals surface area contributed by atoms with Crippen LogP contribution >= 0.6 is 0 Å². The molecule has 0 saturated heterocycles. The van der Waals surface area contributed by atoms with E-state index < -0.39 is 15.7 Å². The topological polar surface area (TPSA) is 76.4 Å². The van der Waals surface area contributed by atoms with Gasteiger partial charge in [-0.15, -0.1) is 0 Å². The van der Waals surface area contributed by atoms with Crippen LogP contribution in [0.25, 0.3) is 22.1 Å². The number of rotatable bonds is 4. The lowest BCUT2D eigenvalue weighted by Gasteiger charge is -2.08. The van der Waals surface area contributed by atoms with Gasteiger partial charge in [-0.25, -0.2) is 8.42 Å². The molecule has 1 N–H and O–H groups in total. The van der Waals surface area contributed by atoms with Crippen LogP contribution in [-0.4, -0.2) is 20.6 Å². The molecule has 0 atom stereocenters. The Morgan fingerprint density at radius 3 is 2.53 bits per heavy atom. The normalized spacial score (nSPS) is 12.6. The van der Waals surface area contributed by atoms with Gasteiger partial charge in [0, 0.05) is 22.9 Å². The summed E-state index contributed by atoms with van der Waals surface area (Å²) in [7, 11) is -3.35. The highest BCUT2D eigenvalue weighted by molar-refractivity contribution is 7.89. The Morgan fingerprint density at radius 1 is 0.967 bits per heavy atom. The average Bonchev–Trinajstić information content (AvgIpc) is 3.25. The third-order valence-electron chi connectivity index (χ3n) is 5.36. The Balaban J connectivity index is 1.49. The van der Waals surface area contributed by atoms with Gasteiger partial charge in [-0.3, -0.25) is 4.79 Å². The molecule has 4 aromatic rings. The Morgan fingerprint density at radius 2 is 1.70 bits per heavy atom. The number of nitrogens with one attached hydrogen (secondary N) is 1. The van der Waals surface area contributed by atoms with E-state index in [0.717, 1.165) is 18.2 Å². The SMILES string of the molecule is CS(=O)(=O)Cc1c(C(=O)Nc2ccc3c(c2)Cc2ccccc2-3)oc2ccccc12. The van der Waals surface area contributed by atoms with Gasteiger partial charge in [-0.2, -0.15) is 0 Å². The number of para-hydroxylation sites is 1. The first-order chi connectivity index (χ1) is 14.4. The quantitative estimate of drug-likeness (QED) is 0.456. The number of sulfone groups is 1. The van der Waals surface area contributed by atoms with E-state index in [4.69, 9.17) is 4.42 Å². The summed E-state index contributed by atoms with van der Waals surface area (Å²) in [5, 5.41) is 3.51. The Kier molecular flexibility index (Phi) is 4.25. The largest absolute Gasteiger partial charge is 0.451 e. The zero-order valence-electron chi connectivity index (χ0n) is 16.3. The summed E-state index contributed by atoms with van der Waals surface area (Å²) in [4.78, 5) is 13.0. The molecular weight excluding hydrogens is 398 g/mol. The second-order valence-electron chi connectivity index (χ2n) is 7.64. The smallest absolute Gasteiger partial charge is 0.291 e. The van der Waals surface area contributed by atoms with Gasteiger partial charge in [-0.05, 0) is 46.9 Å². The number of anilines is 1. The fraction of sp³-hybridized carbons (Fsp3) is 0.125. The summed E-state index contributed by atoms with van der Waals surface area (Å²) in [6.07, 6.45) is 1.97. The van der Waals surface area contributed by atoms with E-state index in [0.29, 0.717) is 22.2 Å². The monoisotopic (exact) mass is 417 g/mol. The third kappa shape index (κ3) is 3.29. The number of benzene rings is 3. The van der Waals surface area contributed by atoms with E-state index in [2.05, 4.69) is 17.4 Å². The van der Waals surface area contributed by atoms with E-state index in [1.54, 1.807) is 24.3 Å². The molecule has 0 aliphatic heterocycles. The molecule has 5 rings (SSSR count). The van der Waals surface area contributed by atoms with Gasteiger partial charge in [0.1, 0.15) is 5.58 Å². The van der Waals surface area contributed by atoms with Crippen LogP contribution in [0.15, 0.2) is 71.1 Å². The first-order valence-corrected chi connectivity index (χ1v) is 11.7. The lowest BCUT2D eigenvalue weighted by molar-refractivity contribution is 0.0998. The average molecular weight is 417 g/mol. The predicted molar refractivity (Wildman–Crippen MR) is 117 cm³/mol. The Bertz CT molecular complexity index is 1420. The molecule has 3 aromatic carbocycles. The molecule has 150 valence electrons. The van der Waals surface area contributed by atoms with Crippen LogP contribution < -0.4 is 5.32 Å². The molecule has 1 amide bonds. The molecular formula is C24H19NO4S. The van der Waals surface area contributed by atoms with Gasteiger partial charge in [0.15, 0.2) is 15.6 Å². The Hall–Kier alpha value is -3.38. The van der Waals surface area contributed by atoms with Crippen molar-refractivity contribution >= 4 is 32.4 Å². The minimum absolute atomic E-state index is 0.0328. The van der Waals surface area contributed by atoms with E-state index in [1.807, 2.05) is 30.3 Å². The molecule has 0 saturated carbocycles. The summed E-state index contributed by atoms with van der Waals surface area (Å²) in [5.41, 5.74) is 6.34. The van der Waals surface area contributed by atoms with Crippen molar-refractivity contribution in [2.45, 2.75) is 12.2 Å². The summed E-state index contributed by atoms with van der Waals surface area (Å²) in [5.74, 6) is -0.683. The maximum atomic E-state index is 13.0. The van der Waals surface area contributed by atoms with Crippen LogP contribution in [0.4, 0.5) is 5.69 Å².